The van der Waals surface area contributed by atoms with Crippen LogP contribution in [0.25, 0.3) is 0 Å². The van der Waals surface area contributed by atoms with Gasteiger partial charge in [-0.1, -0.05) is 15.9 Å². The number of benzene rings is 1. The summed E-state index contributed by atoms with van der Waals surface area (Å²) in [6, 6.07) is 4.39. The van der Waals surface area contributed by atoms with Crippen LogP contribution in [0.1, 0.15) is 13.8 Å². The molecule has 0 aromatic heterocycles. The zero-order valence-electron chi connectivity index (χ0n) is 9.92. The average molecular weight is 305 g/mol. The summed E-state index contributed by atoms with van der Waals surface area (Å²) in [6.45, 7) is 3.40. The van der Waals surface area contributed by atoms with Gasteiger partial charge in [0.25, 0.3) is 0 Å². The summed E-state index contributed by atoms with van der Waals surface area (Å²) in [6.07, 6.45) is 0. The molecule has 1 aromatic rings. The molecule has 0 fully saturated rings. The predicted octanol–water partition coefficient (Wildman–Crippen LogP) is 3.17. The molecule has 0 saturated heterocycles. The molecule has 0 unspecified atom stereocenters. The van der Waals surface area contributed by atoms with E-state index in [9.17, 15) is 9.18 Å². The van der Waals surface area contributed by atoms with E-state index in [-0.39, 0.29) is 12.4 Å². The van der Waals surface area contributed by atoms with Gasteiger partial charge in [0, 0.05) is 4.47 Å². The Hall–Kier alpha value is -1.10. The summed E-state index contributed by atoms with van der Waals surface area (Å²) in [5.74, 6) is -0.752. The molecule has 5 heteroatoms. The zero-order chi connectivity index (χ0) is 13.1. The first-order chi connectivity index (χ1) is 7.86. The third-order valence-corrected chi connectivity index (χ3v) is 2.71. The molecule has 0 bridgehead atoms. The van der Waals surface area contributed by atoms with E-state index in [1.807, 2.05) is 0 Å². The molecule has 0 atom stereocenters. The van der Waals surface area contributed by atoms with Gasteiger partial charge in [-0.05, 0) is 32.0 Å². The molecule has 0 radical (unpaired) electrons. The van der Waals surface area contributed by atoms with E-state index >= 15 is 0 Å². The number of rotatable bonds is 4. The summed E-state index contributed by atoms with van der Waals surface area (Å²) in [7, 11) is 1.31. The lowest BCUT2D eigenvalue weighted by molar-refractivity contribution is -0.152. The number of carbonyl (C=O) groups excluding carboxylic acids is 1. The Morgan fingerprint density at radius 3 is 2.71 bits per heavy atom. The number of methoxy groups -OCH3 is 1. The highest BCUT2D eigenvalue weighted by atomic mass is 79.9. The second-order valence-corrected chi connectivity index (χ2v) is 5.15. The van der Waals surface area contributed by atoms with Crippen molar-refractivity contribution in [2.75, 3.05) is 13.7 Å². The predicted molar refractivity (Wildman–Crippen MR) is 65.4 cm³/mol. The van der Waals surface area contributed by atoms with Crippen LogP contribution in [0.2, 0.25) is 0 Å². The van der Waals surface area contributed by atoms with Crippen molar-refractivity contribution < 1.29 is 18.7 Å². The molecule has 0 aliphatic carbocycles. The lowest BCUT2D eigenvalue weighted by Gasteiger charge is -2.21. The van der Waals surface area contributed by atoms with Crippen LogP contribution in [0.5, 0.6) is 5.75 Å². The van der Waals surface area contributed by atoms with Gasteiger partial charge in [0.2, 0.25) is 0 Å². The number of ether oxygens (including phenoxy) is 2. The molecule has 0 amide bonds. The van der Waals surface area contributed by atoms with Gasteiger partial charge in [0.15, 0.2) is 11.6 Å². The van der Waals surface area contributed by atoms with E-state index in [0.717, 1.165) is 0 Å². The highest BCUT2D eigenvalue weighted by molar-refractivity contribution is 9.10. The molecule has 0 aliphatic rings. The first kappa shape index (κ1) is 14.0. The third kappa shape index (κ3) is 3.70. The fourth-order valence-corrected chi connectivity index (χ4v) is 1.52. The Bertz CT molecular complexity index is 418. The summed E-state index contributed by atoms with van der Waals surface area (Å²) in [5, 5.41) is 0. The summed E-state index contributed by atoms with van der Waals surface area (Å²) in [5.41, 5.74) is -0.816. The van der Waals surface area contributed by atoms with Crippen LogP contribution in [0.4, 0.5) is 4.39 Å². The van der Waals surface area contributed by atoms with Gasteiger partial charge < -0.3 is 9.47 Å². The van der Waals surface area contributed by atoms with Crippen LogP contribution in [0, 0.1) is 11.2 Å². The van der Waals surface area contributed by atoms with E-state index in [1.54, 1.807) is 19.9 Å². The van der Waals surface area contributed by atoms with Gasteiger partial charge in [0.05, 0.1) is 12.5 Å². The Kier molecular flexibility index (Phi) is 4.51. The van der Waals surface area contributed by atoms with Crippen LogP contribution in [0.15, 0.2) is 22.7 Å². The normalized spacial score (nSPS) is 11.1. The fourth-order valence-electron chi connectivity index (χ4n) is 1.18. The van der Waals surface area contributed by atoms with E-state index in [1.165, 1.54) is 19.2 Å². The molecule has 3 nitrogen and oxygen atoms in total. The second kappa shape index (κ2) is 5.49. The van der Waals surface area contributed by atoms with Crippen LogP contribution < -0.4 is 4.74 Å². The standard InChI is InChI=1S/C12H14BrFO3/c1-12(2,11(15)16-3)7-17-10-6-8(13)4-5-9(10)14/h4-6H,7H2,1-3H3. The average Bonchev–Trinajstić information content (AvgIpc) is 2.29. The first-order valence-corrected chi connectivity index (χ1v) is 5.82. The highest BCUT2D eigenvalue weighted by Crippen LogP contribution is 2.25. The molecule has 0 N–H and O–H groups in total. The van der Waals surface area contributed by atoms with Crippen molar-refractivity contribution in [1.29, 1.82) is 0 Å². The zero-order valence-corrected chi connectivity index (χ0v) is 11.5. The topological polar surface area (TPSA) is 35.5 Å². The fraction of sp³-hybridized carbons (Fsp3) is 0.417. The van der Waals surface area contributed by atoms with Crippen LogP contribution in [-0.2, 0) is 9.53 Å². The molecule has 17 heavy (non-hydrogen) atoms. The van der Waals surface area contributed by atoms with E-state index in [4.69, 9.17) is 4.74 Å². The van der Waals surface area contributed by atoms with Crippen LogP contribution in [0.3, 0.4) is 0 Å². The van der Waals surface area contributed by atoms with Gasteiger partial charge in [-0.25, -0.2) is 4.39 Å². The summed E-state index contributed by atoms with van der Waals surface area (Å²) < 4.78 is 24.0. The molecular formula is C12H14BrFO3. The monoisotopic (exact) mass is 304 g/mol. The Labute approximate surface area is 108 Å². The molecule has 94 valence electrons. The van der Waals surface area contributed by atoms with Crippen molar-refractivity contribution in [1.82, 2.24) is 0 Å². The molecular weight excluding hydrogens is 291 g/mol. The van der Waals surface area contributed by atoms with Crippen molar-refractivity contribution >= 4 is 21.9 Å². The van der Waals surface area contributed by atoms with Crippen molar-refractivity contribution in [3.05, 3.63) is 28.5 Å². The van der Waals surface area contributed by atoms with Crippen LogP contribution in [-0.4, -0.2) is 19.7 Å². The minimum atomic E-state index is -0.816. The number of carbonyl (C=O) groups is 1. The molecule has 0 spiro atoms. The van der Waals surface area contributed by atoms with Crippen LogP contribution >= 0.6 is 15.9 Å². The molecule has 0 heterocycles. The van der Waals surface area contributed by atoms with Gasteiger partial charge in [-0.2, -0.15) is 0 Å². The van der Waals surface area contributed by atoms with E-state index < -0.39 is 17.2 Å². The van der Waals surface area contributed by atoms with E-state index in [0.29, 0.717) is 4.47 Å². The number of esters is 1. The van der Waals surface area contributed by atoms with Gasteiger partial charge in [0.1, 0.15) is 6.61 Å². The largest absolute Gasteiger partial charge is 0.489 e. The van der Waals surface area contributed by atoms with Crippen molar-refractivity contribution in [2.24, 2.45) is 5.41 Å². The minimum Gasteiger partial charge on any atom is -0.489 e. The molecule has 0 saturated carbocycles. The smallest absolute Gasteiger partial charge is 0.314 e. The van der Waals surface area contributed by atoms with Crippen molar-refractivity contribution in [3.8, 4) is 5.75 Å². The first-order valence-electron chi connectivity index (χ1n) is 5.03. The Balaban J connectivity index is 2.73. The maximum Gasteiger partial charge on any atom is 0.314 e. The second-order valence-electron chi connectivity index (χ2n) is 4.24. The molecule has 1 aromatic carbocycles. The van der Waals surface area contributed by atoms with Gasteiger partial charge in [-0.15, -0.1) is 0 Å². The van der Waals surface area contributed by atoms with Gasteiger partial charge in [-0.3, -0.25) is 4.79 Å². The van der Waals surface area contributed by atoms with E-state index in [2.05, 4.69) is 20.7 Å². The lowest BCUT2D eigenvalue weighted by Crippen LogP contribution is -2.32. The SMILES string of the molecule is COC(=O)C(C)(C)COc1cc(Br)ccc1F. The molecule has 0 aliphatic heterocycles. The summed E-state index contributed by atoms with van der Waals surface area (Å²) in [4.78, 5) is 11.4. The number of hydrogen-bond acceptors (Lipinski definition) is 3. The van der Waals surface area contributed by atoms with Gasteiger partial charge >= 0.3 is 5.97 Å². The lowest BCUT2D eigenvalue weighted by atomic mass is 9.95. The quantitative estimate of drug-likeness (QED) is 0.802. The Morgan fingerprint density at radius 2 is 2.12 bits per heavy atom. The van der Waals surface area contributed by atoms with Crippen molar-refractivity contribution in [2.45, 2.75) is 13.8 Å². The number of hydrogen-bond donors (Lipinski definition) is 0. The maximum atomic E-state index is 13.4. The Morgan fingerprint density at radius 1 is 1.47 bits per heavy atom. The summed E-state index contributed by atoms with van der Waals surface area (Å²) >= 11 is 3.22. The highest BCUT2D eigenvalue weighted by Gasteiger charge is 2.30. The minimum absolute atomic E-state index is 0.0487. The third-order valence-electron chi connectivity index (χ3n) is 2.22. The van der Waals surface area contributed by atoms with Crippen molar-refractivity contribution in [3.63, 3.8) is 0 Å². The molecule has 1 rings (SSSR count). The maximum absolute atomic E-state index is 13.4. The number of halogens is 2.